The second-order valence-electron chi connectivity index (χ2n) is 6.10. The predicted octanol–water partition coefficient (Wildman–Crippen LogP) is 4.39. The maximum Gasteiger partial charge on any atom is 0.416 e. The Labute approximate surface area is 168 Å². The van der Waals surface area contributed by atoms with E-state index in [9.17, 15) is 13.2 Å². The molecule has 0 atom stereocenters. The fourth-order valence-electron chi connectivity index (χ4n) is 2.65. The fraction of sp³-hybridized carbons (Fsp3) is 0.0500. The molecule has 30 heavy (non-hydrogen) atoms. The van der Waals surface area contributed by atoms with Crippen molar-refractivity contribution in [2.45, 2.75) is 6.18 Å². The van der Waals surface area contributed by atoms with Crippen molar-refractivity contribution in [1.29, 1.82) is 0 Å². The molecule has 0 aliphatic carbocycles. The lowest BCUT2D eigenvalue weighted by molar-refractivity contribution is -0.137. The van der Waals surface area contributed by atoms with Gasteiger partial charge in [-0.05, 0) is 30.3 Å². The number of hydrogen-bond donors (Lipinski definition) is 1. The first-order valence-electron chi connectivity index (χ1n) is 8.60. The minimum Gasteiger partial charge on any atom is -0.424 e. The van der Waals surface area contributed by atoms with Crippen molar-refractivity contribution in [2.75, 3.05) is 5.73 Å². The number of nitrogen functional groups attached to an aromatic ring is 1. The third-order valence-electron chi connectivity index (χ3n) is 4.09. The highest BCUT2D eigenvalue weighted by atomic mass is 19.4. The molecule has 0 bridgehead atoms. The molecular formula is C20H13F3N6O. The highest BCUT2D eigenvalue weighted by molar-refractivity contribution is 5.72. The summed E-state index contributed by atoms with van der Waals surface area (Å²) in [6, 6.07) is 8.13. The molecule has 0 spiro atoms. The molecule has 4 rings (SSSR count). The molecule has 7 nitrogen and oxygen atoms in total. The molecule has 0 radical (unpaired) electrons. The third-order valence-corrected chi connectivity index (χ3v) is 4.09. The number of hydrogen-bond acceptors (Lipinski definition) is 7. The van der Waals surface area contributed by atoms with Gasteiger partial charge in [0.1, 0.15) is 5.75 Å². The van der Waals surface area contributed by atoms with Crippen LogP contribution in [-0.2, 0) is 6.18 Å². The summed E-state index contributed by atoms with van der Waals surface area (Å²) >= 11 is 0. The van der Waals surface area contributed by atoms with Crippen LogP contribution in [0.2, 0.25) is 0 Å². The van der Waals surface area contributed by atoms with Crippen LogP contribution in [0, 0.1) is 0 Å². The van der Waals surface area contributed by atoms with Gasteiger partial charge in [-0.1, -0.05) is 6.07 Å². The van der Waals surface area contributed by atoms with Gasteiger partial charge >= 0.3 is 12.2 Å². The molecule has 3 aromatic heterocycles. The number of ether oxygens (including phenoxy) is 1. The second-order valence-corrected chi connectivity index (χ2v) is 6.10. The number of anilines is 1. The van der Waals surface area contributed by atoms with E-state index in [0.29, 0.717) is 22.4 Å². The lowest BCUT2D eigenvalue weighted by Crippen LogP contribution is -2.05. The van der Waals surface area contributed by atoms with Gasteiger partial charge in [-0.15, -0.1) is 0 Å². The first-order valence-corrected chi connectivity index (χ1v) is 8.60. The molecule has 0 aliphatic heterocycles. The predicted molar refractivity (Wildman–Crippen MR) is 102 cm³/mol. The zero-order chi connectivity index (χ0) is 21.1. The van der Waals surface area contributed by atoms with E-state index < -0.39 is 11.7 Å². The summed E-state index contributed by atoms with van der Waals surface area (Å²) < 4.78 is 45.1. The molecule has 4 aromatic rings. The summed E-state index contributed by atoms with van der Waals surface area (Å²) in [5.74, 6) is 0.103. The van der Waals surface area contributed by atoms with Crippen LogP contribution in [0.15, 0.2) is 67.4 Å². The number of nitrogens with zero attached hydrogens (tertiary/aromatic N) is 5. The van der Waals surface area contributed by atoms with Crippen LogP contribution < -0.4 is 10.5 Å². The monoisotopic (exact) mass is 410 g/mol. The number of alkyl halides is 3. The van der Waals surface area contributed by atoms with Crippen molar-refractivity contribution in [1.82, 2.24) is 24.9 Å². The summed E-state index contributed by atoms with van der Waals surface area (Å²) in [6.45, 7) is 0. The zero-order valence-corrected chi connectivity index (χ0v) is 15.2. The van der Waals surface area contributed by atoms with E-state index in [0.717, 1.165) is 12.1 Å². The van der Waals surface area contributed by atoms with Crippen molar-refractivity contribution in [3.63, 3.8) is 0 Å². The van der Waals surface area contributed by atoms with Gasteiger partial charge in [0.05, 0.1) is 11.3 Å². The highest BCUT2D eigenvalue weighted by Crippen LogP contribution is 2.38. The van der Waals surface area contributed by atoms with Gasteiger partial charge in [-0.25, -0.2) is 19.9 Å². The fourth-order valence-corrected chi connectivity index (χ4v) is 2.65. The summed E-state index contributed by atoms with van der Waals surface area (Å²) in [6.07, 6.45) is 2.92. The summed E-state index contributed by atoms with van der Waals surface area (Å²) in [5.41, 5.74) is 6.82. The Morgan fingerprint density at radius 3 is 2.13 bits per heavy atom. The molecule has 0 saturated carbocycles. The maximum atomic E-state index is 13.2. The van der Waals surface area contributed by atoms with Crippen LogP contribution in [0.1, 0.15) is 5.56 Å². The molecule has 0 amide bonds. The Bertz CT molecular complexity index is 1150. The van der Waals surface area contributed by atoms with Crippen LogP contribution >= 0.6 is 0 Å². The van der Waals surface area contributed by atoms with Crippen LogP contribution in [-0.4, -0.2) is 24.9 Å². The minimum atomic E-state index is -4.52. The Morgan fingerprint density at radius 2 is 1.50 bits per heavy atom. The van der Waals surface area contributed by atoms with Gasteiger partial charge in [0.15, 0.2) is 0 Å². The lowest BCUT2D eigenvalue weighted by Gasteiger charge is -2.14. The van der Waals surface area contributed by atoms with E-state index >= 15 is 0 Å². The number of rotatable bonds is 4. The maximum absolute atomic E-state index is 13.2. The number of halogens is 3. The summed E-state index contributed by atoms with van der Waals surface area (Å²) in [7, 11) is 0. The largest absolute Gasteiger partial charge is 0.424 e. The molecule has 0 unspecified atom stereocenters. The molecule has 2 N–H and O–H groups in total. The molecule has 0 aliphatic rings. The number of nitrogens with two attached hydrogens (primary N) is 1. The SMILES string of the molecule is Nc1ncc(-c2ccc(-c3ccc(C(F)(F)F)cc3Oc3ncccn3)cn2)cn1. The van der Waals surface area contributed by atoms with E-state index in [-0.39, 0.29) is 17.7 Å². The summed E-state index contributed by atoms with van der Waals surface area (Å²) in [5, 5.41) is 0. The van der Waals surface area contributed by atoms with E-state index in [1.807, 2.05) is 0 Å². The average molecular weight is 410 g/mol. The van der Waals surface area contributed by atoms with Gasteiger partial charge in [0.25, 0.3) is 0 Å². The van der Waals surface area contributed by atoms with E-state index in [4.69, 9.17) is 10.5 Å². The minimum absolute atomic E-state index is 0.0404. The molecule has 3 heterocycles. The van der Waals surface area contributed by atoms with E-state index in [2.05, 4.69) is 24.9 Å². The molecule has 150 valence electrons. The smallest absolute Gasteiger partial charge is 0.416 e. The zero-order valence-electron chi connectivity index (χ0n) is 15.2. The van der Waals surface area contributed by atoms with Crippen LogP contribution in [0.4, 0.5) is 19.1 Å². The summed E-state index contributed by atoms with van der Waals surface area (Å²) in [4.78, 5) is 20.0. The van der Waals surface area contributed by atoms with Crippen LogP contribution in [0.25, 0.3) is 22.4 Å². The Balaban J connectivity index is 1.72. The number of aromatic nitrogens is 5. The van der Waals surface area contributed by atoms with Crippen molar-refractivity contribution in [2.24, 2.45) is 0 Å². The first kappa shape index (κ1) is 19.2. The van der Waals surface area contributed by atoms with Crippen LogP contribution in [0.3, 0.4) is 0 Å². The van der Waals surface area contributed by atoms with E-state index in [1.165, 1.54) is 37.1 Å². The lowest BCUT2D eigenvalue weighted by atomic mass is 10.0. The van der Waals surface area contributed by atoms with Gasteiger partial charge < -0.3 is 10.5 Å². The third kappa shape index (κ3) is 4.17. The topological polar surface area (TPSA) is 99.7 Å². The molecule has 0 saturated heterocycles. The van der Waals surface area contributed by atoms with Crippen molar-refractivity contribution >= 4 is 5.95 Å². The highest BCUT2D eigenvalue weighted by Gasteiger charge is 2.31. The first-order chi connectivity index (χ1) is 14.4. The van der Waals surface area contributed by atoms with Crippen LogP contribution in [0.5, 0.6) is 11.8 Å². The van der Waals surface area contributed by atoms with Crippen molar-refractivity contribution < 1.29 is 17.9 Å². The quantitative estimate of drug-likeness (QED) is 0.533. The molecule has 0 fully saturated rings. The van der Waals surface area contributed by atoms with Crippen molar-refractivity contribution in [3.05, 3.63) is 72.9 Å². The second kappa shape index (κ2) is 7.74. The van der Waals surface area contributed by atoms with E-state index in [1.54, 1.807) is 18.2 Å². The Hall–Kier alpha value is -4.08. The molecular weight excluding hydrogens is 397 g/mol. The van der Waals surface area contributed by atoms with Gasteiger partial charge in [-0.3, -0.25) is 4.98 Å². The van der Waals surface area contributed by atoms with Gasteiger partial charge in [0.2, 0.25) is 5.95 Å². The van der Waals surface area contributed by atoms with Gasteiger partial charge in [0, 0.05) is 47.7 Å². The standard InChI is InChI=1S/C20H13F3N6O/c21-20(22,23)14-3-4-15(17(8-14)30-19-25-6-1-7-26-19)12-2-5-16(27-9-12)13-10-28-18(24)29-11-13/h1-11H,(H2,24,28,29). The van der Waals surface area contributed by atoms with Gasteiger partial charge in [-0.2, -0.15) is 13.2 Å². The number of benzene rings is 1. The Kier molecular flexibility index (Phi) is 4.97. The normalized spacial score (nSPS) is 11.3. The molecule has 10 heteroatoms. The molecule has 1 aromatic carbocycles. The Morgan fingerprint density at radius 1 is 0.800 bits per heavy atom. The van der Waals surface area contributed by atoms with Crippen molar-refractivity contribution in [3.8, 4) is 34.1 Å². The number of pyridine rings is 1. The average Bonchev–Trinajstić information content (AvgIpc) is 2.75.